The molecule has 1 saturated heterocycles. The van der Waals surface area contributed by atoms with Crippen molar-refractivity contribution in [1.82, 2.24) is 10.2 Å². The summed E-state index contributed by atoms with van der Waals surface area (Å²) in [7, 11) is 3.89. The molecule has 0 atom stereocenters. The van der Waals surface area contributed by atoms with E-state index in [1.807, 2.05) is 0 Å². The van der Waals surface area contributed by atoms with Crippen LogP contribution in [0.3, 0.4) is 0 Å². The van der Waals surface area contributed by atoms with Gasteiger partial charge in [0.1, 0.15) is 11.5 Å². The molecule has 0 radical (unpaired) electrons. The van der Waals surface area contributed by atoms with Gasteiger partial charge in [-0.25, -0.2) is 14.4 Å². The van der Waals surface area contributed by atoms with Crippen LogP contribution >= 0.6 is 0 Å². The number of hydrogen-bond acceptors (Lipinski definition) is 9. The Morgan fingerprint density at radius 2 is 1.84 bits per heavy atom. The molecular weight excluding hydrogens is 424 g/mol. The van der Waals surface area contributed by atoms with Crippen molar-refractivity contribution in [2.75, 3.05) is 27.9 Å². The van der Waals surface area contributed by atoms with Gasteiger partial charge in [0.15, 0.2) is 18.1 Å². The van der Waals surface area contributed by atoms with Crippen LogP contribution in [0.1, 0.15) is 21.9 Å². The van der Waals surface area contributed by atoms with Crippen LogP contribution in [0.15, 0.2) is 40.4 Å². The molecule has 11 heteroatoms. The molecule has 1 aromatic carbocycles. The van der Waals surface area contributed by atoms with Crippen LogP contribution in [0.25, 0.3) is 6.08 Å². The molecule has 0 spiro atoms. The van der Waals surface area contributed by atoms with Crippen molar-refractivity contribution >= 4 is 30.0 Å². The molecule has 0 unspecified atom stereocenters. The second kappa shape index (κ2) is 9.69. The molecule has 1 aliphatic heterocycles. The summed E-state index contributed by atoms with van der Waals surface area (Å²) in [6, 6.07) is 7.00. The first kappa shape index (κ1) is 22.4. The molecule has 3 amide bonds. The smallest absolute Gasteiger partial charge is 0.373 e. The number of furan rings is 1. The molecule has 32 heavy (non-hydrogen) atoms. The Kier molecular flexibility index (Phi) is 6.78. The van der Waals surface area contributed by atoms with Gasteiger partial charge in [-0.15, -0.1) is 0 Å². The molecule has 0 aliphatic carbocycles. The number of nitrogens with zero attached hydrogens (tertiary/aromatic N) is 1. The second-order valence-electron chi connectivity index (χ2n) is 6.41. The summed E-state index contributed by atoms with van der Waals surface area (Å²) in [5.74, 6) is -0.952. The van der Waals surface area contributed by atoms with E-state index in [-0.39, 0.29) is 30.4 Å². The van der Waals surface area contributed by atoms with Crippen LogP contribution in [0.2, 0.25) is 0 Å². The Bertz CT molecular complexity index is 1090. The van der Waals surface area contributed by atoms with Crippen molar-refractivity contribution in [3.63, 3.8) is 0 Å². The van der Waals surface area contributed by atoms with Crippen LogP contribution in [0.4, 0.5) is 4.79 Å². The van der Waals surface area contributed by atoms with Crippen molar-refractivity contribution in [2.45, 2.75) is 6.54 Å². The monoisotopic (exact) mass is 444 g/mol. The molecule has 2 heterocycles. The lowest BCUT2D eigenvalue weighted by Gasteiger charge is -2.10. The van der Waals surface area contributed by atoms with Crippen molar-refractivity contribution < 1.29 is 42.5 Å². The number of carbonyl (C=O) groups is 4. The van der Waals surface area contributed by atoms with Crippen molar-refractivity contribution in [3.8, 4) is 11.5 Å². The normalized spacial score (nSPS) is 14.3. The lowest BCUT2D eigenvalue weighted by Crippen LogP contribution is -2.30. The van der Waals surface area contributed by atoms with E-state index in [1.165, 1.54) is 39.5 Å². The molecular formula is C21H20N2O9. The number of ether oxygens (including phenoxy) is 4. The lowest BCUT2D eigenvalue weighted by molar-refractivity contribution is -0.143. The number of rotatable bonds is 8. The Morgan fingerprint density at radius 3 is 2.53 bits per heavy atom. The summed E-state index contributed by atoms with van der Waals surface area (Å²) in [5.41, 5.74) is 0.587. The van der Waals surface area contributed by atoms with Crippen LogP contribution in [-0.4, -0.2) is 56.7 Å². The van der Waals surface area contributed by atoms with Crippen LogP contribution in [-0.2, 0) is 25.6 Å². The van der Waals surface area contributed by atoms with Gasteiger partial charge in [-0.05, 0) is 35.9 Å². The summed E-state index contributed by atoms with van der Waals surface area (Å²) in [6.45, 7) is -0.454. The Labute approximate surface area is 182 Å². The number of urea groups is 1. The van der Waals surface area contributed by atoms with E-state index in [4.69, 9.17) is 13.9 Å². The highest BCUT2D eigenvalue weighted by atomic mass is 16.6. The third-order valence-corrected chi connectivity index (χ3v) is 4.40. The first-order valence-corrected chi connectivity index (χ1v) is 9.25. The Hall–Kier alpha value is -4.28. The Balaban J connectivity index is 1.74. The first-order valence-electron chi connectivity index (χ1n) is 9.25. The zero-order valence-corrected chi connectivity index (χ0v) is 17.5. The molecule has 1 aromatic heterocycles. The van der Waals surface area contributed by atoms with E-state index in [2.05, 4.69) is 14.8 Å². The molecule has 3 rings (SSSR count). The summed E-state index contributed by atoms with van der Waals surface area (Å²) < 4.78 is 25.0. The number of carbonyl (C=O) groups excluding carboxylic acids is 4. The second-order valence-corrected chi connectivity index (χ2v) is 6.41. The molecule has 168 valence electrons. The third kappa shape index (κ3) is 4.89. The van der Waals surface area contributed by atoms with E-state index >= 15 is 0 Å². The molecule has 2 aromatic rings. The van der Waals surface area contributed by atoms with Gasteiger partial charge < -0.3 is 28.7 Å². The average molecular weight is 444 g/mol. The quantitative estimate of drug-likeness (QED) is 0.367. The predicted molar refractivity (Wildman–Crippen MR) is 108 cm³/mol. The van der Waals surface area contributed by atoms with E-state index < -0.39 is 23.9 Å². The maximum atomic E-state index is 12.7. The number of esters is 2. The summed E-state index contributed by atoms with van der Waals surface area (Å²) in [6.07, 6.45) is 1.47. The highest BCUT2D eigenvalue weighted by Gasteiger charge is 2.34. The van der Waals surface area contributed by atoms with Gasteiger partial charge in [-0.3, -0.25) is 9.69 Å². The van der Waals surface area contributed by atoms with Gasteiger partial charge in [-0.1, -0.05) is 6.07 Å². The van der Waals surface area contributed by atoms with Gasteiger partial charge in [-0.2, -0.15) is 0 Å². The van der Waals surface area contributed by atoms with E-state index in [0.29, 0.717) is 17.1 Å². The standard InChI is InChI=1S/C21H20N2O9/c1-28-17-9-12(4-6-15(17)31-11-18(24)29-2)8-14-19(25)23(21(27)22-14)10-13-5-7-16(32-13)20(26)30-3/h4-9H,10-11H2,1-3H3,(H,22,27)/b14-8-. The van der Waals surface area contributed by atoms with Crippen molar-refractivity contribution in [1.29, 1.82) is 0 Å². The number of benzene rings is 1. The molecule has 1 N–H and O–H groups in total. The summed E-state index contributed by atoms with van der Waals surface area (Å²) >= 11 is 0. The minimum absolute atomic E-state index is 0.0353. The predicted octanol–water partition coefficient (Wildman–Crippen LogP) is 1.72. The van der Waals surface area contributed by atoms with Crippen molar-refractivity contribution in [2.24, 2.45) is 0 Å². The third-order valence-electron chi connectivity index (χ3n) is 4.40. The van der Waals surface area contributed by atoms with Gasteiger partial charge in [0.2, 0.25) is 5.76 Å². The highest BCUT2D eigenvalue weighted by Crippen LogP contribution is 2.29. The number of methoxy groups -OCH3 is 3. The topological polar surface area (TPSA) is 134 Å². The molecule has 0 bridgehead atoms. The number of nitrogens with one attached hydrogen (secondary N) is 1. The lowest BCUT2D eigenvalue weighted by atomic mass is 10.1. The zero-order valence-electron chi connectivity index (χ0n) is 17.5. The molecule has 1 fully saturated rings. The van der Waals surface area contributed by atoms with Gasteiger partial charge >= 0.3 is 18.0 Å². The summed E-state index contributed by atoms with van der Waals surface area (Å²) in [4.78, 5) is 48.6. The molecule has 0 saturated carbocycles. The van der Waals surface area contributed by atoms with E-state index in [0.717, 1.165) is 4.90 Å². The zero-order chi connectivity index (χ0) is 23.3. The minimum Gasteiger partial charge on any atom is -0.493 e. The summed E-state index contributed by atoms with van der Waals surface area (Å²) in [5, 5.41) is 2.49. The minimum atomic E-state index is -0.665. The Morgan fingerprint density at radius 1 is 1.06 bits per heavy atom. The number of imide groups is 1. The number of amides is 3. The molecule has 1 aliphatic rings. The first-order chi connectivity index (χ1) is 15.4. The maximum absolute atomic E-state index is 12.7. The van der Waals surface area contributed by atoms with Gasteiger partial charge in [0.25, 0.3) is 5.91 Å². The van der Waals surface area contributed by atoms with Crippen molar-refractivity contribution in [3.05, 3.63) is 53.1 Å². The van der Waals surface area contributed by atoms with Gasteiger partial charge in [0.05, 0.1) is 27.9 Å². The highest BCUT2D eigenvalue weighted by molar-refractivity contribution is 6.13. The number of hydrogen-bond donors (Lipinski definition) is 1. The maximum Gasteiger partial charge on any atom is 0.373 e. The fourth-order valence-electron chi connectivity index (χ4n) is 2.80. The van der Waals surface area contributed by atoms with Crippen LogP contribution < -0.4 is 14.8 Å². The van der Waals surface area contributed by atoms with E-state index in [9.17, 15) is 19.2 Å². The average Bonchev–Trinajstić information content (AvgIpc) is 3.37. The van der Waals surface area contributed by atoms with E-state index in [1.54, 1.807) is 18.2 Å². The SMILES string of the molecule is COC(=O)COc1ccc(/C=C2\NC(=O)N(Cc3ccc(C(=O)OC)o3)C2=O)cc1OC. The fraction of sp³-hybridized carbons (Fsp3) is 0.238. The van der Waals surface area contributed by atoms with Gasteiger partial charge in [0, 0.05) is 0 Å². The largest absolute Gasteiger partial charge is 0.493 e. The molecule has 11 nitrogen and oxygen atoms in total. The van der Waals surface area contributed by atoms with Crippen LogP contribution in [0, 0.1) is 0 Å². The fourth-order valence-corrected chi connectivity index (χ4v) is 2.80. The van der Waals surface area contributed by atoms with Crippen LogP contribution in [0.5, 0.6) is 11.5 Å².